The highest BCUT2D eigenvalue weighted by molar-refractivity contribution is 5.04. The molecule has 0 fully saturated rings. The van der Waals surface area contributed by atoms with E-state index in [9.17, 15) is 5.11 Å². The molecule has 5 heteroatoms. The second-order valence-corrected chi connectivity index (χ2v) is 4.38. The van der Waals surface area contributed by atoms with Crippen LogP contribution in [0.4, 0.5) is 0 Å². The van der Waals surface area contributed by atoms with E-state index in [1.807, 2.05) is 29.1 Å². The van der Waals surface area contributed by atoms with Gasteiger partial charge < -0.3 is 14.8 Å². The first-order valence-corrected chi connectivity index (χ1v) is 6.17. The Balaban J connectivity index is 1.80. The van der Waals surface area contributed by atoms with Gasteiger partial charge in [-0.2, -0.15) is 5.10 Å². The van der Waals surface area contributed by atoms with E-state index in [-0.39, 0.29) is 18.7 Å². The number of aliphatic hydroxyl groups is 1. The molecule has 0 bridgehead atoms. The Morgan fingerprint density at radius 3 is 3.00 bits per heavy atom. The minimum absolute atomic E-state index is 0.0274. The van der Waals surface area contributed by atoms with Crippen molar-refractivity contribution in [1.82, 2.24) is 15.1 Å². The summed E-state index contributed by atoms with van der Waals surface area (Å²) >= 11 is 0. The minimum Gasteiger partial charge on any atom is -0.468 e. The molecule has 2 aromatic heterocycles. The van der Waals surface area contributed by atoms with Crippen molar-refractivity contribution in [3.05, 3.63) is 42.6 Å². The zero-order valence-electron chi connectivity index (χ0n) is 10.5. The van der Waals surface area contributed by atoms with Crippen LogP contribution in [0.5, 0.6) is 0 Å². The molecular formula is C13H19N3O2. The molecule has 2 unspecified atom stereocenters. The zero-order chi connectivity index (χ0) is 12.8. The molecule has 0 amide bonds. The standard InChI is InChI=1S/C13H19N3O2/c1-11(5-8-16-7-3-6-14-16)15-12(10-17)13-4-2-9-18-13/h2-4,6-7,9,11-12,15,17H,5,8,10H2,1H3. The molecule has 0 aliphatic carbocycles. The van der Waals surface area contributed by atoms with Gasteiger partial charge in [-0.15, -0.1) is 0 Å². The summed E-state index contributed by atoms with van der Waals surface area (Å²) in [7, 11) is 0. The molecule has 0 saturated heterocycles. The number of aryl methyl sites for hydroxylation is 1. The predicted octanol–water partition coefficient (Wildman–Crippen LogP) is 1.58. The topological polar surface area (TPSA) is 63.2 Å². The molecular weight excluding hydrogens is 230 g/mol. The van der Waals surface area contributed by atoms with Gasteiger partial charge in [0.2, 0.25) is 0 Å². The number of nitrogens with zero attached hydrogens (tertiary/aromatic N) is 2. The molecule has 0 saturated carbocycles. The monoisotopic (exact) mass is 249 g/mol. The van der Waals surface area contributed by atoms with Crippen LogP contribution in [-0.2, 0) is 6.54 Å². The first kappa shape index (κ1) is 12.9. The van der Waals surface area contributed by atoms with E-state index in [1.54, 1.807) is 12.5 Å². The number of hydrogen-bond acceptors (Lipinski definition) is 4. The van der Waals surface area contributed by atoms with Gasteiger partial charge in [-0.1, -0.05) is 0 Å². The third kappa shape index (κ3) is 3.45. The van der Waals surface area contributed by atoms with E-state index in [4.69, 9.17) is 4.42 Å². The molecule has 0 radical (unpaired) electrons. The maximum absolute atomic E-state index is 9.36. The smallest absolute Gasteiger partial charge is 0.123 e. The molecule has 98 valence electrons. The van der Waals surface area contributed by atoms with Crippen LogP contribution in [0.1, 0.15) is 25.1 Å². The zero-order valence-corrected chi connectivity index (χ0v) is 10.5. The number of aromatic nitrogens is 2. The molecule has 18 heavy (non-hydrogen) atoms. The summed E-state index contributed by atoms with van der Waals surface area (Å²) in [5.41, 5.74) is 0. The lowest BCUT2D eigenvalue weighted by Gasteiger charge is -2.20. The molecule has 0 aliphatic heterocycles. The molecule has 0 aromatic carbocycles. The fraction of sp³-hybridized carbons (Fsp3) is 0.462. The Labute approximate surface area is 106 Å². The van der Waals surface area contributed by atoms with Gasteiger partial charge in [-0.25, -0.2) is 0 Å². The molecule has 0 aliphatic rings. The lowest BCUT2D eigenvalue weighted by Crippen LogP contribution is -2.33. The largest absolute Gasteiger partial charge is 0.468 e. The summed E-state index contributed by atoms with van der Waals surface area (Å²) in [4.78, 5) is 0. The van der Waals surface area contributed by atoms with Crippen LogP contribution < -0.4 is 5.32 Å². The van der Waals surface area contributed by atoms with Gasteiger partial charge in [0.15, 0.2) is 0 Å². The van der Waals surface area contributed by atoms with Gasteiger partial charge in [0.25, 0.3) is 0 Å². The Morgan fingerprint density at radius 1 is 1.50 bits per heavy atom. The summed E-state index contributed by atoms with van der Waals surface area (Å²) in [5, 5.41) is 16.9. The van der Waals surface area contributed by atoms with Gasteiger partial charge in [0, 0.05) is 25.0 Å². The van der Waals surface area contributed by atoms with E-state index in [1.165, 1.54) is 0 Å². The van der Waals surface area contributed by atoms with E-state index in [0.717, 1.165) is 18.7 Å². The molecule has 2 atom stereocenters. The van der Waals surface area contributed by atoms with Crippen molar-refractivity contribution in [2.75, 3.05) is 6.61 Å². The summed E-state index contributed by atoms with van der Waals surface area (Å²) < 4.78 is 7.20. The van der Waals surface area contributed by atoms with Crippen LogP contribution in [0.15, 0.2) is 41.3 Å². The number of rotatable bonds is 7. The van der Waals surface area contributed by atoms with E-state index in [0.29, 0.717) is 0 Å². The fourth-order valence-corrected chi connectivity index (χ4v) is 1.90. The highest BCUT2D eigenvalue weighted by atomic mass is 16.3. The fourth-order valence-electron chi connectivity index (χ4n) is 1.90. The van der Waals surface area contributed by atoms with Crippen LogP contribution in [0.3, 0.4) is 0 Å². The van der Waals surface area contributed by atoms with E-state index >= 15 is 0 Å². The first-order valence-electron chi connectivity index (χ1n) is 6.17. The Bertz CT molecular complexity index is 425. The van der Waals surface area contributed by atoms with Gasteiger partial charge in [-0.05, 0) is 31.5 Å². The third-order valence-electron chi connectivity index (χ3n) is 2.91. The van der Waals surface area contributed by atoms with Crippen molar-refractivity contribution in [1.29, 1.82) is 0 Å². The van der Waals surface area contributed by atoms with Crippen molar-refractivity contribution >= 4 is 0 Å². The summed E-state index contributed by atoms with van der Waals surface area (Å²) in [6.45, 7) is 2.98. The van der Waals surface area contributed by atoms with Crippen molar-refractivity contribution in [3.8, 4) is 0 Å². The SMILES string of the molecule is CC(CCn1cccn1)NC(CO)c1ccco1. The summed E-state index contributed by atoms with van der Waals surface area (Å²) in [6.07, 6.45) is 6.28. The molecule has 0 spiro atoms. The molecule has 2 heterocycles. The summed E-state index contributed by atoms with van der Waals surface area (Å²) in [5.74, 6) is 0.767. The maximum atomic E-state index is 9.36. The molecule has 2 aromatic rings. The highest BCUT2D eigenvalue weighted by Gasteiger charge is 2.15. The Hall–Kier alpha value is -1.59. The Morgan fingerprint density at radius 2 is 2.39 bits per heavy atom. The normalized spacial score (nSPS) is 14.6. The van der Waals surface area contributed by atoms with Crippen LogP contribution >= 0.6 is 0 Å². The lowest BCUT2D eigenvalue weighted by atomic mass is 10.1. The number of nitrogens with one attached hydrogen (secondary N) is 1. The highest BCUT2D eigenvalue weighted by Crippen LogP contribution is 2.14. The molecule has 2 N–H and O–H groups in total. The van der Waals surface area contributed by atoms with Crippen molar-refractivity contribution in [2.45, 2.75) is 32.0 Å². The van der Waals surface area contributed by atoms with Crippen LogP contribution in [-0.4, -0.2) is 27.5 Å². The average Bonchev–Trinajstić information content (AvgIpc) is 3.05. The van der Waals surface area contributed by atoms with Gasteiger partial charge >= 0.3 is 0 Å². The van der Waals surface area contributed by atoms with Crippen LogP contribution in [0.2, 0.25) is 0 Å². The van der Waals surface area contributed by atoms with Crippen molar-refractivity contribution < 1.29 is 9.52 Å². The number of hydrogen-bond donors (Lipinski definition) is 2. The van der Waals surface area contributed by atoms with E-state index < -0.39 is 0 Å². The van der Waals surface area contributed by atoms with E-state index in [2.05, 4.69) is 17.3 Å². The maximum Gasteiger partial charge on any atom is 0.123 e. The third-order valence-corrected chi connectivity index (χ3v) is 2.91. The Kier molecular flexibility index (Phi) is 4.55. The van der Waals surface area contributed by atoms with Gasteiger partial charge in [0.05, 0.1) is 18.9 Å². The molecule has 5 nitrogen and oxygen atoms in total. The van der Waals surface area contributed by atoms with Crippen LogP contribution in [0, 0.1) is 0 Å². The van der Waals surface area contributed by atoms with Crippen molar-refractivity contribution in [2.24, 2.45) is 0 Å². The number of furan rings is 1. The van der Waals surface area contributed by atoms with Crippen molar-refractivity contribution in [3.63, 3.8) is 0 Å². The second kappa shape index (κ2) is 6.37. The summed E-state index contributed by atoms with van der Waals surface area (Å²) in [6, 6.07) is 5.74. The van der Waals surface area contributed by atoms with Crippen LogP contribution in [0.25, 0.3) is 0 Å². The second-order valence-electron chi connectivity index (χ2n) is 4.38. The minimum atomic E-state index is -0.146. The quantitative estimate of drug-likeness (QED) is 0.782. The average molecular weight is 249 g/mol. The first-order chi connectivity index (χ1) is 8.79. The van der Waals surface area contributed by atoms with Gasteiger partial charge in [-0.3, -0.25) is 4.68 Å². The van der Waals surface area contributed by atoms with Gasteiger partial charge in [0.1, 0.15) is 5.76 Å². The predicted molar refractivity (Wildman–Crippen MR) is 68.0 cm³/mol. The lowest BCUT2D eigenvalue weighted by molar-refractivity contribution is 0.213. The number of aliphatic hydroxyl groups excluding tert-OH is 1. The molecule has 2 rings (SSSR count).